The molecule has 16 heavy (non-hydrogen) atoms. The highest BCUT2D eigenvalue weighted by molar-refractivity contribution is 5.24. The average Bonchev–Trinajstić information content (AvgIpc) is 2.24. The maximum Gasteiger partial charge on any atom is 0.126 e. The Morgan fingerprint density at radius 1 is 1.44 bits per heavy atom. The van der Waals surface area contributed by atoms with Crippen LogP contribution in [0.5, 0.6) is 0 Å². The van der Waals surface area contributed by atoms with Crippen molar-refractivity contribution >= 4 is 0 Å². The van der Waals surface area contributed by atoms with E-state index in [4.69, 9.17) is 0 Å². The van der Waals surface area contributed by atoms with Gasteiger partial charge in [0.25, 0.3) is 0 Å². The first-order valence-corrected chi connectivity index (χ1v) is 5.83. The van der Waals surface area contributed by atoms with Gasteiger partial charge in [0.2, 0.25) is 0 Å². The third-order valence-corrected chi connectivity index (χ3v) is 3.34. The van der Waals surface area contributed by atoms with Crippen LogP contribution in [0, 0.1) is 5.82 Å². The van der Waals surface area contributed by atoms with Crippen LogP contribution in [0.25, 0.3) is 0 Å². The molecule has 1 saturated carbocycles. The lowest BCUT2D eigenvalue weighted by Crippen LogP contribution is -2.43. The van der Waals surface area contributed by atoms with Gasteiger partial charge in [-0.15, -0.1) is 6.58 Å². The minimum Gasteiger partial charge on any atom is -0.308 e. The Morgan fingerprint density at radius 2 is 2.12 bits per heavy atom. The second-order valence-electron chi connectivity index (χ2n) is 4.58. The van der Waals surface area contributed by atoms with Gasteiger partial charge in [0.1, 0.15) is 5.82 Å². The van der Waals surface area contributed by atoms with Crippen molar-refractivity contribution < 1.29 is 4.39 Å². The highest BCUT2D eigenvalue weighted by atomic mass is 19.1. The van der Waals surface area contributed by atoms with Crippen LogP contribution in [-0.4, -0.2) is 12.1 Å². The van der Waals surface area contributed by atoms with Gasteiger partial charge in [0.05, 0.1) is 0 Å². The third kappa shape index (κ3) is 2.33. The fraction of sp³-hybridized carbons (Fsp3) is 0.429. The Morgan fingerprint density at radius 3 is 2.75 bits per heavy atom. The molecule has 1 N–H and O–H groups in total. The van der Waals surface area contributed by atoms with Crippen LogP contribution in [0.3, 0.4) is 0 Å². The molecule has 0 aromatic heterocycles. The largest absolute Gasteiger partial charge is 0.308 e. The van der Waals surface area contributed by atoms with Crippen molar-refractivity contribution in [2.24, 2.45) is 0 Å². The van der Waals surface area contributed by atoms with Crippen LogP contribution in [-0.2, 0) is 0 Å². The number of nitrogens with one attached hydrogen (secondary N) is 1. The van der Waals surface area contributed by atoms with E-state index in [0.29, 0.717) is 18.0 Å². The summed E-state index contributed by atoms with van der Waals surface area (Å²) in [5.41, 5.74) is 0.867. The summed E-state index contributed by atoms with van der Waals surface area (Å²) in [7, 11) is 0. The van der Waals surface area contributed by atoms with Gasteiger partial charge in [-0.1, -0.05) is 24.3 Å². The van der Waals surface area contributed by atoms with E-state index in [1.165, 1.54) is 0 Å². The molecular formula is C14H18FN. The zero-order chi connectivity index (χ0) is 11.5. The zero-order valence-electron chi connectivity index (χ0n) is 9.62. The first kappa shape index (κ1) is 11.3. The summed E-state index contributed by atoms with van der Waals surface area (Å²) in [6, 6.07) is 7.94. The van der Waals surface area contributed by atoms with Crippen LogP contribution < -0.4 is 5.32 Å². The topological polar surface area (TPSA) is 12.0 Å². The van der Waals surface area contributed by atoms with Crippen molar-refractivity contribution in [1.82, 2.24) is 5.32 Å². The van der Waals surface area contributed by atoms with Gasteiger partial charge >= 0.3 is 0 Å². The van der Waals surface area contributed by atoms with Crippen LogP contribution >= 0.6 is 0 Å². The average molecular weight is 219 g/mol. The first-order valence-electron chi connectivity index (χ1n) is 5.83. The quantitative estimate of drug-likeness (QED) is 0.767. The molecule has 1 fully saturated rings. The van der Waals surface area contributed by atoms with E-state index in [1.54, 1.807) is 12.1 Å². The van der Waals surface area contributed by atoms with E-state index < -0.39 is 0 Å². The molecule has 0 spiro atoms. The predicted molar refractivity (Wildman–Crippen MR) is 65.0 cm³/mol. The molecule has 0 saturated heterocycles. The Kier molecular flexibility index (Phi) is 3.39. The molecule has 0 aliphatic heterocycles. The number of rotatable bonds is 4. The van der Waals surface area contributed by atoms with Crippen LogP contribution in [0.4, 0.5) is 4.39 Å². The van der Waals surface area contributed by atoms with Gasteiger partial charge in [-0.25, -0.2) is 4.39 Å². The molecule has 1 unspecified atom stereocenters. The molecule has 1 aromatic carbocycles. The van der Waals surface area contributed by atoms with Crippen LogP contribution in [0.15, 0.2) is 36.9 Å². The van der Waals surface area contributed by atoms with Crippen molar-refractivity contribution in [3.05, 3.63) is 48.3 Å². The summed E-state index contributed by atoms with van der Waals surface area (Å²) in [5, 5.41) is 3.44. The van der Waals surface area contributed by atoms with E-state index in [-0.39, 0.29) is 5.82 Å². The van der Waals surface area contributed by atoms with Crippen LogP contribution in [0.2, 0.25) is 0 Å². The summed E-state index contributed by atoms with van der Waals surface area (Å²) in [5.74, 6) is 0.318. The lowest BCUT2D eigenvalue weighted by molar-refractivity contribution is 0.277. The Balaban J connectivity index is 1.89. The van der Waals surface area contributed by atoms with Gasteiger partial charge in [-0.05, 0) is 37.3 Å². The molecule has 0 radical (unpaired) electrons. The number of hydrogen-bond acceptors (Lipinski definition) is 1. The van der Waals surface area contributed by atoms with Crippen molar-refractivity contribution in [2.45, 2.75) is 37.8 Å². The highest BCUT2D eigenvalue weighted by Gasteiger charge is 2.31. The number of halogens is 1. The van der Waals surface area contributed by atoms with E-state index in [0.717, 1.165) is 18.4 Å². The van der Waals surface area contributed by atoms with E-state index in [9.17, 15) is 4.39 Å². The summed E-state index contributed by atoms with van der Waals surface area (Å²) in [6.07, 6.45) is 3.95. The standard InChI is InChI=1S/C14H18FN/c1-3-10(2)16-12-8-11(9-12)13-6-4-5-7-14(13)15/h3-7,10-12,16H,1,8-9H2,2H3. The lowest BCUT2D eigenvalue weighted by atomic mass is 9.75. The molecule has 1 aliphatic rings. The summed E-state index contributed by atoms with van der Waals surface area (Å²) >= 11 is 0. The summed E-state index contributed by atoms with van der Waals surface area (Å²) in [4.78, 5) is 0. The van der Waals surface area contributed by atoms with E-state index >= 15 is 0 Å². The molecule has 0 bridgehead atoms. The fourth-order valence-corrected chi connectivity index (χ4v) is 2.25. The van der Waals surface area contributed by atoms with Gasteiger partial charge in [0, 0.05) is 12.1 Å². The Bertz CT molecular complexity index is 369. The minimum atomic E-state index is -0.0669. The monoisotopic (exact) mass is 219 g/mol. The minimum absolute atomic E-state index is 0.0669. The molecule has 86 valence electrons. The summed E-state index contributed by atoms with van der Waals surface area (Å²) < 4.78 is 13.5. The SMILES string of the molecule is C=CC(C)NC1CC(c2ccccc2F)C1. The third-order valence-electron chi connectivity index (χ3n) is 3.34. The van der Waals surface area contributed by atoms with Gasteiger partial charge < -0.3 is 5.32 Å². The van der Waals surface area contributed by atoms with E-state index in [2.05, 4.69) is 18.8 Å². The van der Waals surface area contributed by atoms with Crippen molar-refractivity contribution in [2.75, 3.05) is 0 Å². The number of benzene rings is 1. The predicted octanol–water partition coefficient (Wildman–Crippen LogP) is 3.24. The molecule has 0 heterocycles. The normalized spacial score (nSPS) is 25.9. The molecule has 1 atom stereocenters. The lowest BCUT2D eigenvalue weighted by Gasteiger charge is -2.37. The molecule has 2 rings (SSSR count). The second kappa shape index (κ2) is 4.79. The fourth-order valence-electron chi connectivity index (χ4n) is 2.25. The van der Waals surface area contributed by atoms with Crippen LogP contribution in [0.1, 0.15) is 31.2 Å². The molecule has 0 amide bonds. The highest BCUT2D eigenvalue weighted by Crippen LogP contribution is 2.38. The van der Waals surface area contributed by atoms with Gasteiger partial charge in [-0.2, -0.15) is 0 Å². The smallest absolute Gasteiger partial charge is 0.126 e. The Labute approximate surface area is 96.4 Å². The summed E-state index contributed by atoms with van der Waals surface area (Å²) in [6.45, 7) is 5.83. The second-order valence-corrected chi connectivity index (χ2v) is 4.58. The molecule has 2 heteroatoms. The molecule has 1 nitrogen and oxygen atoms in total. The number of hydrogen-bond donors (Lipinski definition) is 1. The molecule has 1 aromatic rings. The first-order chi connectivity index (χ1) is 7.70. The maximum absolute atomic E-state index is 13.5. The van der Waals surface area contributed by atoms with Gasteiger partial charge in [0.15, 0.2) is 0 Å². The van der Waals surface area contributed by atoms with Crippen molar-refractivity contribution in [1.29, 1.82) is 0 Å². The molecule has 1 aliphatic carbocycles. The van der Waals surface area contributed by atoms with Crippen molar-refractivity contribution in [3.63, 3.8) is 0 Å². The van der Waals surface area contributed by atoms with Gasteiger partial charge in [-0.3, -0.25) is 0 Å². The van der Waals surface area contributed by atoms with Crippen molar-refractivity contribution in [3.8, 4) is 0 Å². The Hall–Kier alpha value is -1.15. The molecular weight excluding hydrogens is 201 g/mol. The maximum atomic E-state index is 13.5. The zero-order valence-corrected chi connectivity index (χ0v) is 9.62. The van der Waals surface area contributed by atoms with E-state index in [1.807, 2.05) is 18.2 Å².